The van der Waals surface area contributed by atoms with Crippen LogP contribution in [0.1, 0.15) is 18.4 Å². The number of benzene rings is 1. The van der Waals surface area contributed by atoms with Gasteiger partial charge >= 0.3 is 5.97 Å². The van der Waals surface area contributed by atoms with Gasteiger partial charge in [0, 0.05) is 43.8 Å². The molecule has 2 aromatic rings. The molecule has 1 saturated heterocycles. The number of piperidine rings is 1. The van der Waals surface area contributed by atoms with Crippen molar-refractivity contribution in [3.8, 4) is 0 Å². The maximum atomic E-state index is 11.6. The van der Waals surface area contributed by atoms with E-state index in [2.05, 4.69) is 44.6 Å². The van der Waals surface area contributed by atoms with Crippen LogP contribution in [0.4, 0.5) is 0 Å². The standard InChI is InChI=1S/C19H26N4O2.HI/c1-20-19(23-11-8-14(9-12-23)18(24)25-2)21-10-7-15-13-22-17-6-4-3-5-16(15)17;/h3-6,13-14,22H,7-12H2,1-2H3,(H,20,21);1H. The first kappa shape index (κ1) is 20.5. The fourth-order valence-corrected chi connectivity index (χ4v) is 3.47. The number of hydrogen-bond donors (Lipinski definition) is 2. The number of guanidine groups is 1. The summed E-state index contributed by atoms with van der Waals surface area (Å²) in [5.41, 5.74) is 2.48. The lowest BCUT2D eigenvalue weighted by Crippen LogP contribution is -2.47. The summed E-state index contributed by atoms with van der Waals surface area (Å²) in [5.74, 6) is 0.829. The largest absolute Gasteiger partial charge is 0.469 e. The fraction of sp³-hybridized carbons (Fsp3) is 0.474. The minimum atomic E-state index is -0.0954. The van der Waals surface area contributed by atoms with Crippen LogP contribution in [0.25, 0.3) is 10.9 Å². The molecule has 1 aromatic heterocycles. The van der Waals surface area contributed by atoms with Gasteiger partial charge in [-0.05, 0) is 30.9 Å². The van der Waals surface area contributed by atoms with E-state index in [9.17, 15) is 4.79 Å². The highest BCUT2D eigenvalue weighted by atomic mass is 127. The van der Waals surface area contributed by atoms with Crippen LogP contribution in [-0.4, -0.2) is 55.6 Å². The van der Waals surface area contributed by atoms with Gasteiger partial charge in [-0.3, -0.25) is 9.79 Å². The maximum absolute atomic E-state index is 11.6. The summed E-state index contributed by atoms with van der Waals surface area (Å²) in [7, 11) is 3.26. The molecule has 2 N–H and O–H groups in total. The molecule has 2 heterocycles. The van der Waals surface area contributed by atoms with Crippen LogP contribution in [-0.2, 0) is 16.0 Å². The Bertz CT molecular complexity index is 751. The van der Waals surface area contributed by atoms with Crippen LogP contribution < -0.4 is 5.32 Å². The molecule has 0 spiro atoms. The number of aromatic amines is 1. The van der Waals surface area contributed by atoms with E-state index >= 15 is 0 Å². The highest BCUT2D eigenvalue weighted by Gasteiger charge is 2.26. The maximum Gasteiger partial charge on any atom is 0.308 e. The summed E-state index contributed by atoms with van der Waals surface area (Å²) < 4.78 is 4.85. The normalized spacial score (nSPS) is 15.6. The molecule has 1 fully saturated rings. The molecule has 26 heavy (non-hydrogen) atoms. The van der Waals surface area contributed by atoms with Gasteiger partial charge in [-0.25, -0.2) is 0 Å². The highest BCUT2D eigenvalue weighted by Crippen LogP contribution is 2.19. The van der Waals surface area contributed by atoms with Crippen molar-refractivity contribution < 1.29 is 9.53 Å². The second kappa shape index (κ2) is 9.80. The number of carbonyl (C=O) groups is 1. The zero-order chi connectivity index (χ0) is 17.6. The summed E-state index contributed by atoms with van der Waals surface area (Å²) in [4.78, 5) is 21.6. The van der Waals surface area contributed by atoms with Crippen LogP contribution >= 0.6 is 24.0 Å². The molecule has 1 aliphatic heterocycles. The molecule has 0 bridgehead atoms. The first-order chi connectivity index (χ1) is 12.2. The quantitative estimate of drug-likeness (QED) is 0.312. The Morgan fingerprint density at radius 1 is 1.35 bits per heavy atom. The van der Waals surface area contributed by atoms with Crippen LogP contribution in [0.5, 0.6) is 0 Å². The highest BCUT2D eigenvalue weighted by molar-refractivity contribution is 14.0. The Labute approximate surface area is 171 Å². The first-order valence-electron chi connectivity index (χ1n) is 8.81. The number of aromatic nitrogens is 1. The number of para-hydroxylation sites is 1. The molecule has 1 aliphatic rings. The van der Waals surface area contributed by atoms with Crippen molar-refractivity contribution in [2.75, 3.05) is 33.8 Å². The fourth-order valence-electron chi connectivity index (χ4n) is 3.47. The average Bonchev–Trinajstić information content (AvgIpc) is 3.08. The third kappa shape index (κ3) is 4.69. The summed E-state index contributed by atoms with van der Waals surface area (Å²) >= 11 is 0. The first-order valence-corrected chi connectivity index (χ1v) is 8.81. The van der Waals surface area contributed by atoms with Gasteiger partial charge in [-0.15, -0.1) is 24.0 Å². The van der Waals surface area contributed by atoms with Gasteiger partial charge in [-0.1, -0.05) is 18.2 Å². The number of esters is 1. The number of nitrogens with zero attached hydrogens (tertiary/aromatic N) is 2. The van der Waals surface area contributed by atoms with Crippen molar-refractivity contribution in [2.45, 2.75) is 19.3 Å². The number of methoxy groups -OCH3 is 1. The van der Waals surface area contributed by atoms with Crippen LogP contribution in [0.15, 0.2) is 35.5 Å². The molecule has 0 aliphatic carbocycles. The number of carbonyl (C=O) groups excluding carboxylic acids is 1. The van der Waals surface area contributed by atoms with Crippen LogP contribution in [0.3, 0.4) is 0 Å². The van der Waals surface area contributed by atoms with Crippen molar-refractivity contribution in [1.29, 1.82) is 0 Å². The predicted octanol–water partition coefficient (Wildman–Crippen LogP) is 2.79. The van der Waals surface area contributed by atoms with E-state index in [-0.39, 0.29) is 35.9 Å². The second-order valence-electron chi connectivity index (χ2n) is 6.37. The van der Waals surface area contributed by atoms with Gasteiger partial charge in [0.15, 0.2) is 5.96 Å². The number of H-pyrrole nitrogens is 1. The topological polar surface area (TPSA) is 69.7 Å². The van der Waals surface area contributed by atoms with Gasteiger partial charge in [-0.2, -0.15) is 0 Å². The minimum Gasteiger partial charge on any atom is -0.469 e. The minimum absolute atomic E-state index is 0. The molecule has 0 amide bonds. The molecule has 7 heteroatoms. The number of rotatable bonds is 4. The van der Waals surface area contributed by atoms with Crippen molar-refractivity contribution >= 4 is 46.8 Å². The molecule has 6 nitrogen and oxygen atoms in total. The lowest BCUT2D eigenvalue weighted by molar-refractivity contribution is -0.146. The van der Waals surface area contributed by atoms with Crippen molar-refractivity contribution in [2.24, 2.45) is 10.9 Å². The molecule has 0 atom stereocenters. The lowest BCUT2D eigenvalue weighted by Gasteiger charge is -2.33. The smallest absolute Gasteiger partial charge is 0.308 e. The number of ether oxygens (including phenoxy) is 1. The van der Waals surface area contributed by atoms with Gasteiger partial charge < -0.3 is 19.9 Å². The third-order valence-electron chi connectivity index (χ3n) is 4.89. The molecule has 0 saturated carbocycles. The Balaban J connectivity index is 0.00000243. The van der Waals surface area contributed by atoms with E-state index in [4.69, 9.17) is 4.74 Å². The Hall–Kier alpha value is -1.77. The van der Waals surface area contributed by atoms with E-state index in [1.165, 1.54) is 23.6 Å². The number of halogens is 1. The molecule has 0 unspecified atom stereocenters. The van der Waals surface area contributed by atoms with Crippen molar-refractivity contribution in [1.82, 2.24) is 15.2 Å². The van der Waals surface area contributed by atoms with E-state index in [1.807, 2.05) is 6.07 Å². The third-order valence-corrected chi connectivity index (χ3v) is 4.89. The molecular weight excluding hydrogens is 443 g/mol. The zero-order valence-corrected chi connectivity index (χ0v) is 17.7. The zero-order valence-electron chi connectivity index (χ0n) is 15.3. The van der Waals surface area contributed by atoms with E-state index in [0.29, 0.717) is 0 Å². The monoisotopic (exact) mass is 470 g/mol. The van der Waals surface area contributed by atoms with Crippen molar-refractivity contribution in [3.05, 3.63) is 36.0 Å². The summed E-state index contributed by atoms with van der Waals surface area (Å²) in [6.45, 7) is 2.48. The second-order valence-corrected chi connectivity index (χ2v) is 6.37. The van der Waals surface area contributed by atoms with Gasteiger partial charge in [0.2, 0.25) is 0 Å². The molecule has 0 radical (unpaired) electrons. The SMILES string of the molecule is CN=C(NCCc1c[nH]c2ccccc12)N1CCC(C(=O)OC)CC1.I. The Morgan fingerprint density at radius 2 is 2.08 bits per heavy atom. The van der Waals surface area contributed by atoms with Crippen molar-refractivity contribution in [3.63, 3.8) is 0 Å². The summed E-state index contributed by atoms with van der Waals surface area (Å²) in [6.07, 6.45) is 4.64. The molecule has 1 aromatic carbocycles. The molecular formula is C19H27IN4O2. The number of likely N-dealkylation sites (tertiary alicyclic amines) is 1. The van der Waals surface area contributed by atoms with E-state index in [1.54, 1.807) is 7.05 Å². The predicted molar refractivity (Wildman–Crippen MR) is 115 cm³/mol. The Morgan fingerprint density at radius 3 is 2.77 bits per heavy atom. The number of fused-ring (bicyclic) bond motifs is 1. The molecule has 142 valence electrons. The number of hydrogen-bond acceptors (Lipinski definition) is 3. The van der Waals surface area contributed by atoms with Gasteiger partial charge in [0.1, 0.15) is 0 Å². The summed E-state index contributed by atoms with van der Waals surface area (Å²) in [5, 5.41) is 4.72. The Kier molecular flexibility index (Phi) is 7.74. The van der Waals surface area contributed by atoms with Crippen LogP contribution in [0, 0.1) is 5.92 Å². The summed E-state index contributed by atoms with van der Waals surface area (Å²) in [6, 6.07) is 8.35. The average molecular weight is 470 g/mol. The number of aliphatic imine (C=N–C) groups is 1. The lowest BCUT2D eigenvalue weighted by atomic mass is 9.97. The van der Waals surface area contributed by atoms with E-state index < -0.39 is 0 Å². The van der Waals surface area contributed by atoms with Gasteiger partial charge in [0.05, 0.1) is 13.0 Å². The van der Waals surface area contributed by atoms with Crippen LogP contribution in [0.2, 0.25) is 0 Å². The van der Waals surface area contributed by atoms with Gasteiger partial charge in [0.25, 0.3) is 0 Å². The molecule has 3 rings (SSSR count). The number of nitrogens with one attached hydrogen (secondary N) is 2. The van der Waals surface area contributed by atoms with E-state index in [0.717, 1.165) is 44.9 Å².